The number of hydrogen-bond acceptors (Lipinski definition) is 5. The SMILES string of the molecule is CCCCn1cc(COc2ccc(C(=O)Cc3ccccc3)c(O)c2)nn1. The molecule has 27 heavy (non-hydrogen) atoms. The fourth-order valence-electron chi connectivity index (χ4n) is 2.70. The summed E-state index contributed by atoms with van der Waals surface area (Å²) in [6, 6.07) is 14.2. The Morgan fingerprint density at radius 2 is 2.00 bits per heavy atom. The Kier molecular flexibility index (Phi) is 6.20. The molecular weight excluding hydrogens is 342 g/mol. The number of carbonyl (C=O) groups is 1. The number of phenolic OH excluding ortho intramolecular Hbond substituents is 1. The summed E-state index contributed by atoms with van der Waals surface area (Å²) in [5.41, 5.74) is 1.92. The van der Waals surface area contributed by atoms with Gasteiger partial charge in [0, 0.05) is 19.0 Å². The van der Waals surface area contributed by atoms with Crippen LogP contribution in [0.5, 0.6) is 11.5 Å². The van der Waals surface area contributed by atoms with E-state index in [0.717, 1.165) is 30.6 Å². The molecule has 6 heteroatoms. The molecule has 140 valence electrons. The lowest BCUT2D eigenvalue weighted by molar-refractivity contribution is 0.0990. The molecule has 1 N–H and O–H groups in total. The van der Waals surface area contributed by atoms with Crippen molar-refractivity contribution in [3.05, 3.63) is 71.5 Å². The van der Waals surface area contributed by atoms with Crippen molar-refractivity contribution in [2.75, 3.05) is 0 Å². The molecular formula is C21H23N3O3. The van der Waals surface area contributed by atoms with Crippen LogP contribution in [0.25, 0.3) is 0 Å². The highest BCUT2D eigenvalue weighted by atomic mass is 16.5. The van der Waals surface area contributed by atoms with Crippen molar-refractivity contribution in [2.45, 2.75) is 39.3 Å². The normalized spacial score (nSPS) is 10.7. The maximum atomic E-state index is 12.4. The summed E-state index contributed by atoms with van der Waals surface area (Å²) in [7, 11) is 0. The average Bonchev–Trinajstić information content (AvgIpc) is 3.13. The number of ether oxygens (including phenoxy) is 1. The van der Waals surface area contributed by atoms with Crippen molar-refractivity contribution in [3.8, 4) is 11.5 Å². The molecule has 0 aliphatic carbocycles. The number of rotatable bonds is 9. The maximum Gasteiger partial charge on any atom is 0.170 e. The number of aromatic hydroxyl groups is 1. The van der Waals surface area contributed by atoms with Crippen LogP contribution in [-0.4, -0.2) is 25.9 Å². The van der Waals surface area contributed by atoms with Crippen molar-refractivity contribution >= 4 is 5.78 Å². The second kappa shape index (κ2) is 8.98. The highest BCUT2D eigenvalue weighted by Crippen LogP contribution is 2.25. The van der Waals surface area contributed by atoms with Crippen LogP contribution < -0.4 is 4.74 Å². The van der Waals surface area contributed by atoms with Crippen LogP contribution in [-0.2, 0) is 19.6 Å². The van der Waals surface area contributed by atoms with E-state index < -0.39 is 0 Å². The third-order valence-corrected chi connectivity index (χ3v) is 4.19. The van der Waals surface area contributed by atoms with E-state index in [1.54, 1.807) is 16.8 Å². The minimum atomic E-state index is -0.135. The van der Waals surface area contributed by atoms with Gasteiger partial charge in [-0.05, 0) is 24.1 Å². The van der Waals surface area contributed by atoms with Gasteiger partial charge in [0.1, 0.15) is 23.8 Å². The van der Waals surface area contributed by atoms with E-state index in [1.165, 1.54) is 6.07 Å². The Morgan fingerprint density at radius 1 is 1.19 bits per heavy atom. The second-order valence-corrected chi connectivity index (χ2v) is 6.38. The van der Waals surface area contributed by atoms with Crippen LogP contribution in [0.15, 0.2) is 54.7 Å². The average molecular weight is 365 g/mol. The largest absolute Gasteiger partial charge is 0.507 e. The molecule has 0 fully saturated rings. The second-order valence-electron chi connectivity index (χ2n) is 6.38. The number of carbonyl (C=O) groups excluding carboxylic acids is 1. The number of Topliss-reactive ketones (excluding diaryl/α,β-unsaturated/α-hetero) is 1. The molecule has 3 aromatic rings. The first kappa shape index (κ1) is 18.6. The van der Waals surface area contributed by atoms with E-state index in [1.807, 2.05) is 36.5 Å². The van der Waals surface area contributed by atoms with E-state index >= 15 is 0 Å². The first-order chi connectivity index (χ1) is 13.2. The van der Waals surface area contributed by atoms with E-state index in [4.69, 9.17) is 4.74 Å². The molecule has 0 spiro atoms. The third kappa shape index (κ3) is 5.17. The fraction of sp³-hybridized carbons (Fsp3) is 0.286. The topological polar surface area (TPSA) is 77.2 Å². The predicted molar refractivity (Wildman–Crippen MR) is 102 cm³/mol. The number of phenols is 1. The van der Waals surface area contributed by atoms with E-state index in [-0.39, 0.29) is 30.1 Å². The van der Waals surface area contributed by atoms with Crippen molar-refractivity contribution in [1.29, 1.82) is 0 Å². The summed E-state index contributed by atoms with van der Waals surface area (Å²) >= 11 is 0. The molecule has 0 aliphatic rings. The van der Waals surface area contributed by atoms with Gasteiger partial charge in [0.15, 0.2) is 5.78 Å². The van der Waals surface area contributed by atoms with Crippen molar-refractivity contribution < 1.29 is 14.6 Å². The molecule has 0 atom stereocenters. The highest BCUT2D eigenvalue weighted by molar-refractivity contribution is 6.00. The van der Waals surface area contributed by atoms with Gasteiger partial charge in [-0.2, -0.15) is 0 Å². The maximum absolute atomic E-state index is 12.4. The van der Waals surface area contributed by atoms with Crippen molar-refractivity contribution in [3.63, 3.8) is 0 Å². The van der Waals surface area contributed by atoms with Crippen molar-refractivity contribution in [2.24, 2.45) is 0 Å². The minimum Gasteiger partial charge on any atom is -0.507 e. The van der Waals surface area contributed by atoms with Crippen LogP contribution in [0.3, 0.4) is 0 Å². The molecule has 6 nitrogen and oxygen atoms in total. The number of benzene rings is 2. The summed E-state index contributed by atoms with van der Waals surface area (Å²) < 4.78 is 7.45. The number of aromatic nitrogens is 3. The first-order valence-corrected chi connectivity index (χ1v) is 9.07. The summed E-state index contributed by atoms with van der Waals surface area (Å²) in [5.74, 6) is 0.260. The van der Waals surface area contributed by atoms with Crippen LogP contribution in [0.2, 0.25) is 0 Å². The molecule has 0 amide bonds. The molecule has 3 rings (SSSR count). The lowest BCUT2D eigenvalue weighted by atomic mass is 10.0. The van der Waals surface area contributed by atoms with Crippen LogP contribution in [0.4, 0.5) is 0 Å². The standard InChI is InChI=1S/C21H23N3O3/c1-2-3-11-24-14-17(22-23-24)15-27-18-9-10-19(21(26)13-18)20(25)12-16-7-5-4-6-8-16/h4-10,13-14,26H,2-3,11-12,15H2,1H3. The van der Waals surface area contributed by atoms with Gasteiger partial charge < -0.3 is 9.84 Å². The minimum absolute atomic E-state index is 0.0833. The van der Waals surface area contributed by atoms with Crippen LogP contribution in [0.1, 0.15) is 41.4 Å². The van der Waals surface area contributed by atoms with Gasteiger partial charge in [-0.3, -0.25) is 9.48 Å². The van der Waals surface area contributed by atoms with E-state index in [9.17, 15) is 9.90 Å². The molecule has 0 saturated carbocycles. The summed E-state index contributed by atoms with van der Waals surface area (Å²) in [4.78, 5) is 12.4. The highest BCUT2D eigenvalue weighted by Gasteiger charge is 2.13. The number of ketones is 1. The molecule has 0 radical (unpaired) electrons. The predicted octanol–water partition coefficient (Wildman–Crippen LogP) is 3.79. The Hall–Kier alpha value is -3.15. The molecule has 0 bridgehead atoms. The van der Waals surface area contributed by atoms with Gasteiger partial charge in [-0.1, -0.05) is 48.9 Å². The van der Waals surface area contributed by atoms with Gasteiger partial charge in [-0.15, -0.1) is 5.10 Å². The van der Waals surface area contributed by atoms with E-state index in [0.29, 0.717) is 5.75 Å². The van der Waals surface area contributed by atoms with Gasteiger partial charge in [0.2, 0.25) is 0 Å². The smallest absolute Gasteiger partial charge is 0.170 e. The summed E-state index contributed by atoms with van der Waals surface area (Å²) in [5, 5.41) is 18.3. The molecule has 0 saturated heterocycles. The quantitative estimate of drug-likeness (QED) is 0.584. The van der Waals surface area contributed by atoms with E-state index in [2.05, 4.69) is 17.2 Å². The number of hydrogen-bond donors (Lipinski definition) is 1. The zero-order valence-electron chi connectivity index (χ0n) is 15.3. The van der Waals surface area contributed by atoms with Crippen LogP contribution >= 0.6 is 0 Å². The lowest BCUT2D eigenvalue weighted by Crippen LogP contribution is -2.04. The monoisotopic (exact) mass is 365 g/mol. The van der Waals surface area contributed by atoms with Gasteiger partial charge in [-0.25, -0.2) is 0 Å². The Balaban J connectivity index is 1.59. The molecule has 1 heterocycles. The van der Waals surface area contributed by atoms with Crippen molar-refractivity contribution in [1.82, 2.24) is 15.0 Å². The Bertz CT molecular complexity index is 891. The first-order valence-electron chi connectivity index (χ1n) is 9.07. The molecule has 2 aromatic carbocycles. The van der Waals surface area contributed by atoms with Gasteiger partial charge >= 0.3 is 0 Å². The Morgan fingerprint density at radius 3 is 2.74 bits per heavy atom. The fourth-order valence-corrected chi connectivity index (χ4v) is 2.70. The number of aryl methyl sites for hydroxylation is 1. The third-order valence-electron chi connectivity index (χ3n) is 4.19. The Labute approximate surface area is 158 Å². The zero-order chi connectivity index (χ0) is 19.1. The molecule has 1 aromatic heterocycles. The summed E-state index contributed by atoms with van der Waals surface area (Å²) in [6.07, 6.45) is 4.25. The van der Waals surface area contributed by atoms with Gasteiger partial charge in [0.25, 0.3) is 0 Å². The van der Waals surface area contributed by atoms with Crippen LogP contribution in [0, 0.1) is 0 Å². The number of unbranched alkanes of at least 4 members (excludes halogenated alkanes) is 1. The van der Waals surface area contributed by atoms with Gasteiger partial charge in [0.05, 0.1) is 11.8 Å². The zero-order valence-corrected chi connectivity index (χ0v) is 15.3. The lowest BCUT2D eigenvalue weighted by Gasteiger charge is -2.08. The summed E-state index contributed by atoms with van der Waals surface area (Å²) in [6.45, 7) is 3.22. The molecule has 0 unspecified atom stereocenters. The number of nitrogens with zero attached hydrogens (tertiary/aromatic N) is 3. The molecule has 0 aliphatic heterocycles.